The summed E-state index contributed by atoms with van der Waals surface area (Å²) in [5.41, 5.74) is 3.51. The molecular formula is C19H24N8. The van der Waals surface area contributed by atoms with E-state index in [0.717, 1.165) is 31.7 Å². The van der Waals surface area contributed by atoms with E-state index < -0.39 is 0 Å². The molecule has 1 saturated heterocycles. The Bertz CT molecular complexity index is 838. The van der Waals surface area contributed by atoms with E-state index in [1.54, 1.807) is 24.8 Å². The molecule has 0 atom stereocenters. The van der Waals surface area contributed by atoms with Crippen molar-refractivity contribution >= 4 is 11.6 Å². The number of piperidine rings is 1. The third-order valence-corrected chi connectivity index (χ3v) is 5.06. The van der Waals surface area contributed by atoms with Crippen LogP contribution in [0.2, 0.25) is 0 Å². The number of anilines is 2. The van der Waals surface area contributed by atoms with Gasteiger partial charge in [-0.15, -0.1) is 0 Å². The molecule has 4 rings (SSSR count). The van der Waals surface area contributed by atoms with E-state index in [-0.39, 0.29) is 0 Å². The van der Waals surface area contributed by atoms with E-state index in [9.17, 15) is 0 Å². The first-order valence-corrected chi connectivity index (χ1v) is 9.31. The third-order valence-electron chi connectivity index (χ3n) is 5.06. The summed E-state index contributed by atoms with van der Waals surface area (Å²) in [4.78, 5) is 19.7. The minimum Gasteiger partial charge on any atom is -0.322 e. The number of aromatic amines is 1. The Balaban J connectivity index is 1.26. The smallest absolute Gasteiger partial charge is 0.150 e. The highest BCUT2D eigenvalue weighted by atomic mass is 15.2. The second kappa shape index (κ2) is 8.22. The Morgan fingerprint density at radius 2 is 1.89 bits per heavy atom. The Hall–Kier alpha value is -2.87. The lowest BCUT2D eigenvalue weighted by Gasteiger charge is -2.31. The standard InChI is InChI=1S/C19H24N8/c1-14-16(9-24-26-14)13-27-6-2-15(3-7-27)8-17-10-23-19(12-22-17)25-18-11-20-4-5-21-18/h4-5,9-12,15H,2-3,6-8,13H2,1H3,(H,24,26)(H,21,23,25). The van der Waals surface area contributed by atoms with Crippen LogP contribution in [0.3, 0.4) is 0 Å². The molecule has 1 aliphatic rings. The molecule has 1 fully saturated rings. The Labute approximate surface area is 158 Å². The van der Waals surface area contributed by atoms with Crippen LogP contribution in [-0.4, -0.2) is 48.1 Å². The van der Waals surface area contributed by atoms with Crippen LogP contribution in [0.1, 0.15) is 29.8 Å². The van der Waals surface area contributed by atoms with Crippen LogP contribution >= 0.6 is 0 Å². The molecule has 140 valence electrons. The molecule has 0 aliphatic carbocycles. The summed E-state index contributed by atoms with van der Waals surface area (Å²) in [6.07, 6.45) is 13.9. The van der Waals surface area contributed by atoms with Crippen LogP contribution in [0.15, 0.2) is 37.2 Å². The third kappa shape index (κ3) is 4.65. The number of aromatic nitrogens is 6. The van der Waals surface area contributed by atoms with Crippen LogP contribution in [-0.2, 0) is 13.0 Å². The topological polar surface area (TPSA) is 95.5 Å². The maximum Gasteiger partial charge on any atom is 0.150 e. The molecule has 8 heteroatoms. The van der Waals surface area contributed by atoms with Gasteiger partial charge in [0.05, 0.1) is 30.5 Å². The van der Waals surface area contributed by atoms with Gasteiger partial charge in [-0.05, 0) is 45.2 Å². The quantitative estimate of drug-likeness (QED) is 0.694. The van der Waals surface area contributed by atoms with Gasteiger partial charge < -0.3 is 5.32 Å². The molecular weight excluding hydrogens is 340 g/mol. The predicted octanol–water partition coefficient (Wildman–Crippen LogP) is 2.50. The van der Waals surface area contributed by atoms with Crippen LogP contribution < -0.4 is 5.32 Å². The molecule has 8 nitrogen and oxygen atoms in total. The zero-order valence-electron chi connectivity index (χ0n) is 15.5. The molecule has 0 amide bonds. The van der Waals surface area contributed by atoms with Crippen LogP contribution in [0.5, 0.6) is 0 Å². The molecule has 27 heavy (non-hydrogen) atoms. The lowest BCUT2D eigenvalue weighted by molar-refractivity contribution is 0.176. The zero-order valence-corrected chi connectivity index (χ0v) is 15.5. The van der Waals surface area contributed by atoms with Crippen molar-refractivity contribution in [3.05, 3.63) is 54.1 Å². The summed E-state index contributed by atoms with van der Waals surface area (Å²) in [5, 5.41) is 10.2. The first-order valence-electron chi connectivity index (χ1n) is 9.31. The Morgan fingerprint density at radius 3 is 2.56 bits per heavy atom. The van der Waals surface area contributed by atoms with Gasteiger partial charge in [-0.1, -0.05) is 0 Å². The predicted molar refractivity (Wildman–Crippen MR) is 102 cm³/mol. The van der Waals surface area contributed by atoms with E-state index in [1.807, 2.05) is 12.4 Å². The normalized spacial score (nSPS) is 15.7. The van der Waals surface area contributed by atoms with Gasteiger partial charge in [-0.2, -0.15) is 5.10 Å². The summed E-state index contributed by atoms with van der Waals surface area (Å²) in [6, 6.07) is 0. The van der Waals surface area contributed by atoms with Crippen molar-refractivity contribution < 1.29 is 0 Å². The lowest BCUT2D eigenvalue weighted by Crippen LogP contribution is -2.34. The van der Waals surface area contributed by atoms with Gasteiger partial charge in [0.25, 0.3) is 0 Å². The number of likely N-dealkylation sites (tertiary alicyclic amines) is 1. The molecule has 0 aromatic carbocycles. The fraction of sp³-hybridized carbons (Fsp3) is 0.421. The molecule has 3 aromatic heterocycles. The Morgan fingerprint density at radius 1 is 1.04 bits per heavy atom. The van der Waals surface area contributed by atoms with Crippen molar-refractivity contribution in [2.24, 2.45) is 5.92 Å². The van der Waals surface area contributed by atoms with Gasteiger partial charge in [0.15, 0.2) is 0 Å². The van der Waals surface area contributed by atoms with Crippen molar-refractivity contribution in [1.82, 2.24) is 35.0 Å². The van der Waals surface area contributed by atoms with E-state index >= 15 is 0 Å². The zero-order chi connectivity index (χ0) is 18.5. The van der Waals surface area contributed by atoms with Crippen molar-refractivity contribution in [3.8, 4) is 0 Å². The summed E-state index contributed by atoms with van der Waals surface area (Å²) < 4.78 is 0. The second-order valence-electron chi connectivity index (χ2n) is 7.05. The SMILES string of the molecule is Cc1[nH]ncc1CN1CCC(Cc2cnc(Nc3cnccn3)cn2)CC1. The van der Waals surface area contributed by atoms with Gasteiger partial charge in [0.1, 0.15) is 11.6 Å². The molecule has 0 spiro atoms. The van der Waals surface area contributed by atoms with Gasteiger partial charge in [-0.25, -0.2) is 9.97 Å². The average Bonchev–Trinajstić information content (AvgIpc) is 3.10. The molecule has 0 unspecified atom stereocenters. The van der Waals surface area contributed by atoms with Gasteiger partial charge in [0.2, 0.25) is 0 Å². The number of nitrogens with zero attached hydrogens (tertiary/aromatic N) is 6. The van der Waals surface area contributed by atoms with Crippen LogP contribution in [0.25, 0.3) is 0 Å². The molecule has 3 aromatic rings. The van der Waals surface area contributed by atoms with E-state index in [2.05, 4.69) is 47.3 Å². The molecule has 0 radical (unpaired) electrons. The van der Waals surface area contributed by atoms with Gasteiger partial charge in [0, 0.05) is 30.2 Å². The summed E-state index contributed by atoms with van der Waals surface area (Å²) >= 11 is 0. The number of H-pyrrole nitrogens is 1. The maximum absolute atomic E-state index is 4.56. The molecule has 0 bridgehead atoms. The van der Waals surface area contributed by atoms with Gasteiger partial charge in [-0.3, -0.25) is 20.0 Å². The van der Waals surface area contributed by atoms with E-state index in [4.69, 9.17) is 0 Å². The van der Waals surface area contributed by atoms with Crippen molar-refractivity contribution in [2.75, 3.05) is 18.4 Å². The average molecular weight is 364 g/mol. The minimum absolute atomic E-state index is 0.666. The van der Waals surface area contributed by atoms with E-state index in [1.165, 1.54) is 24.1 Å². The monoisotopic (exact) mass is 364 g/mol. The summed E-state index contributed by atoms with van der Waals surface area (Å²) in [7, 11) is 0. The van der Waals surface area contributed by atoms with Crippen molar-refractivity contribution in [2.45, 2.75) is 32.7 Å². The number of rotatable bonds is 6. The van der Waals surface area contributed by atoms with Crippen LogP contribution in [0, 0.1) is 12.8 Å². The number of hydrogen-bond donors (Lipinski definition) is 2. The molecule has 0 saturated carbocycles. The summed E-state index contributed by atoms with van der Waals surface area (Å²) in [5.74, 6) is 2.02. The largest absolute Gasteiger partial charge is 0.322 e. The Kier molecular flexibility index (Phi) is 5.34. The van der Waals surface area contributed by atoms with E-state index in [0.29, 0.717) is 17.6 Å². The van der Waals surface area contributed by atoms with Crippen molar-refractivity contribution in [1.29, 1.82) is 0 Å². The number of aryl methyl sites for hydroxylation is 1. The number of hydrogen-bond acceptors (Lipinski definition) is 7. The highest BCUT2D eigenvalue weighted by molar-refractivity contribution is 5.48. The molecule has 4 heterocycles. The maximum atomic E-state index is 4.56. The first-order chi connectivity index (χ1) is 13.3. The fourth-order valence-electron chi connectivity index (χ4n) is 3.44. The first kappa shape index (κ1) is 17.5. The summed E-state index contributed by atoms with van der Waals surface area (Å²) in [6.45, 7) is 5.30. The minimum atomic E-state index is 0.666. The lowest BCUT2D eigenvalue weighted by atomic mass is 9.92. The molecule has 2 N–H and O–H groups in total. The second-order valence-corrected chi connectivity index (χ2v) is 7.05. The fourth-order valence-corrected chi connectivity index (χ4v) is 3.44. The molecule has 1 aliphatic heterocycles. The highest BCUT2D eigenvalue weighted by Gasteiger charge is 2.20. The van der Waals surface area contributed by atoms with Crippen molar-refractivity contribution in [3.63, 3.8) is 0 Å². The highest BCUT2D eigenvalue weighted by Crippen LogP contribution is 2.22. The number of nitrogens with one attached hydrogen (secondary N) is 2. The van der Waals surface area contributed by atoms with Gasteiger partial charge >= 0.3 is 0 Å². The van der Waals surface area contributed by atoms with Crippen LogP contribution in [0.4, 0.5) is 11.6 Å².